The monoisotopic (exact) mass is 208 g/mol. The second-order valence-corrected chi connectivity index (χ2v) is 2.25. The maximum atomic E-state index is 11.6. The van der Waals surface area contributed by atoms with Gasteiger partial charge >= 0.3 is 6.36 Å². The van der Waals surface area contributed by atoms with Gasteiger partial charge in [-0.05, 0) is 19.1 Å². The summed E-state index contributed by atoms with van der Waals surface area (Å²) in [5.41, 5.74) is 0. The average Bonchev–Trinajstić information content (AvgIpc) is 1.98. The van der Waals surface area contributed by atoms with Crippen LogP contribution in [0.4, 0.5) is 13.2 Å². The summed E-state index contributed by atoms with van der Waals surface area (Å²) in [6, 6.07) is 0. The van der Waals surface area contributed by atoms with E-state index in [1.807, 2.05) is 0 Å². The molecule has 0 amide bonds. The summed E-state index contributed by atoms with van der Waals surface area (Å²) in [6.45, 7) is 8.61. The Kier molecular flexibility index (Phi) is 4.83. The van der Waals surface area contributed by atoms with E-state index in [0.29, 0.717) is 6.61 Å². The van der Waals surface area contributed by atoms with Crippen molar-refractivity contribution in [3.05, 3.63) is 36.8 Å². The lowest BCUT2D eigenvalue weighted by molar-refractivity contribution is -0.303. The van der Waals surface area contributed by atoms with Crippen LogP contribution in [0.5, 0.6) is 0 Å². The van der Waals surface area contributed by atoms with Gasteiger partial charge in [0.05, 0.1) is 6.61 Å². The Bertz CT molecular complexity index is 241. The van der Waals surface area contributed by atoms with Crippen molar-refractivity contribution in [3.63, 3.8) is 0 Å². The van der Waals surface area contributed by atoms with Crippen LogP contribution in [0.3, 0.4) is 0 Å². The third-order valence-electron chi connectivity index (χ3n) is 1.03. The normalized spacial score (nSPS) is 11.4. The fourth-order valence-corrected chi connectivity index (χ4v) is 0.602. The number of alkyl halides is 3. The van der Waals surface area contributed by atoms with Crippen molar-refractivity contribution in [2.24, 2.45) is 0 Å². The fourth-order valence-electron chi connectivity index (χ4n) is 0.602. The first-order valence-corrected chi connectivity index (χ1v) is 3.79. The highest BCUT2D eigenvalue weighted by molar-refractivity contribution is 5.17. The van der Waals surface area contributed by atoms with E-state index in [9.17, 15) is 13.2 Å². The highest BCUT2D eigenvalue weighted by Gasteiger charge is 2.30. The van der Waals surface area contributed by atoms with Crippen molar-refractivity contribution in [2.75, 3.05) is 6.61 Å². The van der Waals surface area contributed by atoms with Gasteiger partial charge in [-0.25, -0.2) is 0 Å². The summed E-state index contributed by atoms with van der Waals surface area (Å²) in [4.78, 5) is 0. The van der Waals surface area contributed by atoms with E-state index >= 15 is 0 Å². The third-order valence-corrected chi connectivity index (χ3v) is 1.03. The van der Waals surface area contributed by atoms with Crippen molar-refractivity contribution in [3.8, 4) is 0 Å². The van der Waals surface area contributed by atoms with E-state index in [0.717, 1.165) is 6.08 Å². The lowest BCUT2D eigenvalue weighted by Crippen LogP contribution is -2.11. The molecule has 0 aromatic heterocycles. The highest BCUT2D eigenvalue weighted by atomic mass is 19.4. The molecule has 2 nitrogen and oxygen atoms in total. The van der Waals surface area contributed by atoms with Gasteiger partial charge in [-0.15, -0.1) is 13.2 Å². The molecule has 14 heavy (non-hydrogen) atoms. The molecule has 0 unspecified atom stereocenters. The number of hydrogen-bond donors (Lipinski definition) is 0. The molecule has 0 aliphatic carbocycles. The Morgan fingerprint density at radius 2 is 1.71 bits per heavy atom. The Hall–Kier alpha value is -1.39. The van der Waals surface area contributed by atoms with Crippen LogP contribution in [-0.2, 0) is 9.47 Å². The first kappa shape index (κ1) is 12.6. The standard InChI is InChI=1S/C9H11F3O2/c1-4-13-7(2)5-6-8(3)14-9(10,11)12/h5-6H,2-4H2,1H3/b6-5-. The zero-order valence-corrected chi connectivity index (χ0v) is 7.73. The molecule has 0 saturated heterocycles. The van der Waals surface area contributed by atoms with Crippen molar-refractivity contribution < 1.29 is 22.6 Å². The molecule has 80 valence electrons. The predicted octanol–water partition coefficient (Wildman–Crippen LogP) is 3.14. The summed E-state index contributed by atoms with van der Waals surface area (Å²) in [5.74, 6) is -0.266. The number of allylic oxidation sites excluding steroid dienone is 2. The lowest BCUT2D eigenvalue weighted by Gasteiger charge is -2.08. The summed E-state index contributed by atoms with van der Waals surface area (Å²) in [6.07, 6.45) is -2.43. The Labute approximate surface area is 80.3 Å². The van der Waals surface area contributed by atoms with Gasteiger partial charge in [0, 0.05) is 0 Å². The van der Waals surface area contributed by atoms with Crippen molar-refractivity contribution in [1.82, 2.24) is 0 Å². The topological polar surface area (TPSA) is 18.5 Å². The number of hydrogen-bond acceptors (Lipinski definition) is 2. The van der Waals surface area contributed by atoms with Gasteiger partial charge in [-0.3, -0.25) is 0 Å². The van der Waals surface area contributed by atoms with E-state index < -0.39 is 12.1 Å². The molecular formula is C9H11F3O2. The minimum Gasteiger partial charge on any atom is -0.495 e. The van der Waals surface area contributed by atoms with Gasteiger partial charge < -0.3 is 9.47 Å². The molecule has 0 heterocycles. The lowest BCUT2D eigenvalue weighted by atomic mass is 10.4. The molecule has 0 atom stereocenters. The summed E-state index contributed by atoms with van der Waals surface area (Å²) >= 11 is 0. The van der Waals surface area contributed by atoms with Crippen molar-refractivity contribution in [2.45, 2.75) is 13.3 Å². The molecule has 0 aliphatic rings. The first-order chi connectivity index (χ1) is 6.35. The molecule has 0 fully saturated rings. The molecule has 5 heteroatoms. The molecule has 0 saturated carbocycles. The predicted molar refractivity (Wildman–Crippen MR) is 46.2 cm³/mol. The van der Waals surface area contributed by atoms with Gasteiger partial charge in [0.15, 0.2) is 0 Å². The number of ether oxygens (including phenoxy) is 2. The molecule has 0 spiro atoms. The first-order valence-electron chi connectivity index (χ1n) is 3.79. The molecule has 0 N–H and O–H groups in total. The van der Waals surface area contributed by atoms with Crippen LogP contribution in [0.2, 0.25) is 0 Å². The Morgan fingerprint density at radius 1 is 1.21 bits per heavy atom. The SMILES string of the molecule is C=C(/C=C\C(=C)OC(F)(F)F)OCC. The Morgan fingerprint density at radius 3 is 2.14 bits per heavy atom. The quantitative estimate of drug-likeness (QED) is 0.510. The van der Waals surface area contributed by atoms with Gasteiger partial charge in [0.2, 0.25) is 0 Å². The van der Waals surface area contributed by atoms with E-state index in [1.54, 1.807) is 6.92 Å². The van der Waals surface area contributed by atoms with Crippen LogP contribution in [-0.4, -0.2) is 13.0 Å². The molecule has 0 aromatic rings. The minimum absolute atomic E-state index is 0.249. The number of rotatable bonds is 5. The minimum atomic E-state index is -4.71. The largest absolute Gasteiger partial charge is 0.573 e. The zero-order chi connectivity index (χ0) is 11.2. The van der Waals surface area contributed by atoms with Crippen LogP contribution in [0.25, 0.3) is 0 Å². The molecule has 0 radical (unpaired) electrons. The smallest absolute Gasteiger partial charge is 0.495 e. The van der Waals surface area contributed by atoms with Gasteiger partial charge in [-0.2, -0.15) is 0 Å². The highest BCUT2D eigenvalue weighted by Crippen LogP contribution is 2.20. The van der Waals surface area contributed by atoms with E-state index in [2.05, 4.69) is 17.9 Å². The van der Waals surface area contributed by atoms with E-state index in [-0.39, 0.29) is 5.76 Å². The van der Waals surface area contributed by atoms with Gasteiger partial charge in [0.1, 0.15) is 11.5 Å². The second kappa shape index (κ2) is 5.36. The van der Waals surface area contributed by atoms with Crippen LogP contribution < -0.4 is 0 Å². The van der Waals surface area contributed by atoms with Crippen LogP contribution in [0, 0.1) is 0 Å². The zero-order valence-electron chi connectivity index (χ0n) is 7.73. The summed E-state index contributed by atoms with van der Waals surface area (Å²) in [5, 5.41) is 0. The Balaban J connectivity index is 4.00. The molecule has 0 rings (SSSR count). The summed E-state index contributed by atoms with van der Waals surface area (Å²) < 4.78 is 43.2. The maximum absolute atomic E-state index is 11.6. The fraction of sp³-hybridized carbons (Fsp3) is 0.333. The van der Waals surface area contributed by atoms with E-state index in [4.69, 9.17) is 4.74 Å². The van der Waals surface area contributed by atoms with Crippen LogP contribution in [0.15, 0.2) is 36.8 Å². The van der Waals surface area contributed by atoms with Crippen molar-refractivity contribution in [1.29, 1.82) is 0 Å². The average molecular weight is 208 g/mol. The molecule has 0 aliphatic heterocycles. The van der Waals surface area contributed by atoms with Crippen LogP contribution >= 0.6 is 0 Å². The molecule has 0 bridgehead atoms. The molecule has 0 aromatic carbocycles. The third kappa shape index (κ3) is 7.27. The maximum Gasteiger partial charge on any atom is 0.573 e. The van der Waals surface area contributed by atoms with Crippen molar-refractivity contribution >= 4 is 0 Å². The summed E-state index contributed by atoms with van der Waals surface area (Å²) in [7, 11) is 0. The van der Waals surface area contributed by atoms with Gasteiger partial charge in [-0.1, -0.05) is 13.2 Å². The van der Waals surface area contributed by atoms with Crippen LogP contribution in [0.1, 0.15) is 6.92 Å². The molecular weight excluding hydrogens is 197 g/mol. The van der Waals surface area contributed by atoms with E-state index in [1.165, 1.54) is 6.08 Å². The second-order valence-electron chi connectivity index (χ2n) is 2.25. The van der Waals surface area contributed by atoms with Gasteiger partial charge in [0.25, 0.3) is 0 Å². The number of halogens is 3.